The van der Waals surface area contributed by atoms with E-state index >= 15 is 0 Å². The van der Waals surface area contributed by atoms with Crippen molar-refractivity contribution in [1.82, 2.24) is 0 Å². The van der Waals surface area contributed by atoms with E-state index in [-0.39, 0.29) is 17.6 Å². The Morgan fingerprint density at radius 1 is 1.29 bits per heavy atom. The van der Waals surface area contributed by atoms with Crippen LogP contribution in [0.4, 0.5) is 0 Å². The standard InChI is InChI=1S/C14H20O3/c1-3-4-5-6-11(2)14(16)17-13-9-7-12(15)8-10-13/h7-11,15H,3-6H2,1-2H3. The number of carbonyl (C=O) groups is 1. The van der Waals surface area contributed by atoms with Gasteiger partial charge in [0.15, 0.2) is 0 Å². The van der Waals surface area contributed by atoms with Gasteiger partial charge in [-0.15, -0.1) is 0 Å². The zero-order valence-electron chi connectivity index (χ0n) is 10.5. The largest absolute Gasteiger partial charge is 0.508 e. The molecule has 1 N–H and O–H groups in total. The van der Waals surface area contributed by atoms with Crippen molar-refractivity contribution < 1.29 is 14.6 Å². The minimum atomic E-state index is -0.202. The smallest absolute Gasteiger partial charge is 0.314 e. The lowest BCUT2D eigenvalue weighted by Gasteiger charge is -2.10. The number of carbonyl (C=O) groups excluding carboxylic acids is 1. The van der Waals surface area contributed by atoms with Crippen molar-refractivity contribution in [2.45, 2.75) is 39.5 Å². The molecule has 1 rings (SSSR count). The quantitative estimate of drug-likeness (QED) is 0.467. The summed E-state index contributed by atoms with van der Waals surface area (Å²) in [6, 6.07) is 6.19. The second kappa shape index (κ2) is 6.94. The molecule has 1 atom stereocenters. The van der Waals surface area contributed by atoms with E-state index in [1.807, 2.05) is 6.92 Å². The zero-order valence-corrected chi connectivity index (χ0v) is 10.5. The fraction of sp³-hybridized carbons (Fsp3) is 0.500. The van der Waals surface area contributed by atoms with Crippen LogP contribution in [0.3, 0.4) is 0 Å². The molecule has 0 aliphatic heterocycles. The number of aromatic hydroxyl groups is 1. The Morgan fingerprint density at radius 2 is 1.94 bits per heavy atom. The molecule has 0 radical (unpaired) electrons. The third kappa shape index (κ3) is 4.89. The number of esters is 1. The van der Waals surface area contributed by atoms with Crippen LogP contribution < -0.4 is 4.74 Å². The highest BCUT2D eigenvalue weighted by atomic mass is 16.5. The van der Waals surface area contributed by atoms with Gasteiger partial charge in [0.25, 0.3) is 0 Å². The van der Waals surface area contributed by atoms with Gasteiger partial charge in [0, 0.05) is 0 Å². The predicted octanol–water partition coefficient (Wildman–Crippen LogP) is 3.51. The first kappa shape index (κ1) is 13.6. The molecule has 1 aromatic carbocycles. The summed E-state index contributed by atoms with van der Waals surface area (Å²) >= 11 is 0. The van der Waals surface area contributed by atoms with Gasteiger partial charge in [0.2, 0.25) is 0 Å². The summed E-state index contributed by atoms with van der Waals surface area (Å²) in [7, 11) is 0. The average molecular weight is 236 g/mol. The molecule has 0 fully saturated rings. The number of ether oxygens (including phenoxy) is 1. The molecule has 0 aromatic heterocycles. The van der Waals surface area contributed by atoms with E-state index in [2.05, 4.69) is 6.92 Å². The lowest BCUT2D eigenvalue weighted by atomic mass is 10.0. The van der Waals surface area contributed by atoms with Crippen LogP contribution in [-0.2, 0) is 4.79 Å². The molecule has 0 saturated heterocycles. The first-order valence-electron chi connectivity index (χ1n) is 6.14. The van der Waals surface area contributed by atoms with Crippen molar-refractivity contribution >= 4 is 5.97 Å². The molecule has 0 spiro atoms. The van der Waals surface area contributed by atoms with Crippen molar-refractivity contribution in [3.63, 3.8) is 0 Å². The van der Waals surface area contributed by atoms with Gasteiger partial charge in [0.1, 0.15) is 11.5 Å². The Morgan fingerprint density at radius 3 is 2.53 bits per heavy atom. The number of hydrogen-bond donors (Lipinski definition) is 1. The van der Waals surface area contributed by atoms with Crippen LogP contribution >= 0.6 is 0 Å². The normalized spacial score (nSPS) is 12.1. The third-order valence-electron chi connectivity index (χ3n) is 2.70. The average Bonchev–Trinajstić information content (AvgIpc) is 2.32. The summed E-state index contributed by atoms with van der Waals surface area (Å²) in [4.78, 5) is 11.7. The van der Waals surface area contributed by atoms with Crippen molar-refractivity contribution in [3.8, 4) is 11.5 Å². The van der Waals surface area contributed by atoms with Crippen LogP contribution in [0.1, 0.15) is 39.5 Å². The summed E-state index contributed by atoms with van der Waals surface area (Å²) in [5, 5.41) is 9.10. The Labute approximate surface area is 102 Å². The molecular formula is C14H20O3. The molecule has 1 unspecified atom stereocenters. The Hall–Kier alpha value is -1.51. The molecule has 0 amide bonds. The molecule has 1 aromatic rings. The maximum Gasteiger partial charge on any atom is 0.314 e. The fourth-order valence-corrected chi connectivity index (χ4v) is 1.55. The van der Waals surface area contributed by atoms with E-state index in [0.29, 0.717) is 5.75 Å². The maximum absolute atomic E-state index is 11.7. The third-order valence-corrected chi connectivity index (χ3v) is 2.70. The number of phenols is 1. The Bertz CT molecular complexity index is 343. The lowest BCUT2D eigenvalue weighted by molar-refractivity contribution is -0.138. The molecule has 3 nitrogen and oxygen atoms in total. The van der Waals surface area contributed by atoms with Crippen LogP contribution in [0.5, 0.6) is 11.5 Å². The van der Waals surface area contributed by atoms with Crippen molar-refractivity contribution in [2.75, 3.05) is 0 Å². The topological polar surface area (TPSA) is 46.5 Å². The summed E-state index contributed by atoms with van der Waals surface area (Å²) in [5.41, 5.74) is 0. The van der Waals surface area contributed by atoms with Crippen molar-refractivity contribution in [3.05, 3.63) is 24.3 Å². The van der Waals surface area contributed by atoms with Crippen molar-refractivity contribution in [1.29, 1.82) is 0 Å². The highest BCUT2D eigenvalue weighted by Gasteiger charge is 2.14. The Kier molecular flexibility index (Phi) is 5.53. The first-order valence-corrected chi connectivity index (χ1v) is 6.14. The van der Waals surface area contributed by atoms with E-state index in [1.165, 1.54) is 12.1 Å². The van der Waals surface area contributed by atoms with Crippen LogP contribution in [0.2, 0.25) is 0 Å². The number of phenolic OH excluding ortho intramolecular Hbond substituents is 1. The van der Waals surface area contributed by atoms with Crippen LogP contribution in [0, 0.1) is 5.92 Å². The van der Waals surface area contributed by atoms with E-state index in [4.69, 9.17) is 9.84 Å². The molecule has 94 valence electrons. The van der Waals surface area contributed by atoms with Gasteiger partial charge in [-0.2, -0.15) is 0 Å². The molecule has 0 saturated carbocycles. The van der Waals surface area contributed by atoms with Gasteiger partial charge in [-0.3, -0.25) is 4.79 Å². The zero-order chi connectivity index (χ0) is 12.7. The summed E-state index contributed by atoms with van der Waals surface area (Å²) in [6.45, 7) is 4.03. The molecule has 0 heterocycles. The molecule has 0 aliphatic carbocycles. The van der Waals surface area contributed by atoms with Gasteiger partial charge >= 0.3 is 5.97 Å². The molecule has 17 heavy (non-hydrogen) atoms. The first-order chi connectivity index (χ1) is 8.13. The van der Waals surface area contributed by atoms with E-state index < -0.39 is 0 Å². The second-order valence-electron chi connectivity index (χ2n) is 4.31. The van der Waals surface area contributed by atoms with Crippen LogP contribution in [-0.4, -0.2) is 11.1 Å². The van der Waals surface area contributed by atoms with Gasteiger partial charge in [-0.1, -0.05) is 33.1 Å². The monoisotopic (exact) mass is 236 g/mol. The minimum absolute atomic E-state index is 0.0737. The molecule has 0 aliphatic rings. The molecular weight excluding hydrogens is 216 g/mol. The van der Waals surface area contributed by atoms with Gasteiger partial charge in [-0.05, 0) is 30.7 Å². The number of rotatable bonds is 6. The van der Waals surface area contributed by atoms with Crippen LogP contribution in [0.25, 0.3) is 0 Å². The number of hydrogen-bond acceptors (Lipinski definition) is 3. The van der Waals surface area contributed by atoms with E-state index in [9.17, 15) is 4.79 Å². The summed E-state index contributed by atoms with van der Waals surface area (Å²) < 4.78 is 5.21. The van der Waals surface area contributed by atoms with Crippen LogP contribution in [0.15, 0.2) is 24.3 Å². The number of benzene rings is 1. The van der Waals surface area contributed by atoms with Gasteiger partial charge < -0.3 is 9.84 Å². The molecule has 3 heteroatoms. The molecule has 0 bridgehead atoms. The van der Waals surface area contributed by atoms with Gasteiger partial charge in [0.05, 0.1) is 5.92 Å². The highest BCUT2D eigenvalue weighted by Crippen LogP contribution is 2.18. The van der Waals surface area contributed by atoms with E-state index in [0.717, 1.165) is 25.7 Å². The number of unbranched alkanes of at least 4 members (excludes halogenated alkanes) is 2. The SMILES string of the molecule is CCCCCC(C)C(=O)Oc1ccc(O)cc1. The van der Waals surface area contributed by atoms with Crippen molar-refractivity contribution in [2.24, 2.45) is 5.92 Å². The lowest BCUT2D eigenvalue weighted by Crippen LogP contribution is -2.17. The predicted molar refractivity (Wildman–Crippen MR) is 67.0 cm³/mol. The maximum atomic E-state index is 11.7. The summed E-state index contributed by atoms with van der Waals surface area (Å²) in [6.07, 6.45) is 4.23. The highest BCUT2D eigenvalue weighted by molar-refractivity contribution is 5.74. The summed E-state index contributed by atoms with van der Waals surface area (Å²) in [5.74, 6) is 0.373. The van der Waals surface area contributed by atoms with Gasteiger partial charge in [-0.25, -0.2) is 0 Å². The fourth-order valence-electron chi connectivity index (χ4n) is 1.55. The van der Waals surface area contributed by atoms with E-state index in [1.54, 1.807) is 12.1 Å². The minimum Gasteiger partial charge on any atom is -0.508 e. The second-order valence-corrected chi connectivity index (χ2v) is 4.31. The Balaban J connectivity index is 2.40.